The molecule has 1 aromatic carbocycles. The smallest absolute Gasteiger partial charge is 0.0451 e. The van der Waals surface area contributed by atoms with E-state index in [1.54, 1.807) is 0 Å². The highest BCUT2D eigenvalue weighted by molar-refractivity contribution is 5.22. The molecule has 0 unspecified atom stereocenters. The summed E-state index contributed by atoms with van der Waals surface area (Å²) in [4.78, 5) is 0. The average molecular weight is 165 g/mol. The Balaban J connectivity index is 2.82. The average Bonchev–Trinajstić information content (AvgIpc) is 2.06. The fourth-order valence-corrected chi connectivity index (χ4v) is 1.20. The zero-order chi connectivity index (χ0) is 9.03. The Labute approximate surface area is 73.0 Å². The molecule has 3 N–H and O–H groups in total. The van der Waals surface area contributed by atoms with Gasteiger partial charge in [-0.25, -0.2) is 0 Å². The molecule has 1 rings (SSSR count). The lowest BCUT2D eigenvalue weighted by Gasteiger charge is -2.23. The Kier molecular flexibility index (Phi) is 2.84. The number of aliphatic hydroxyl groups is 1. The number of aliphatic hydroxyl groups excluding tert-OH is 1. The molecule has 12 heavy (non-hydrogen) atoms. The predicted octanol–water partition coefficient (Wildman–Crippen LogP) is 1.24. The van der Waals surface area contributed by atoms with Crippen molar-refractivity contribution in [3.63, 3.8) is 0 Å². The van der Waals surface area contributed by atoms with E-state index in [-0.39, 0.29) is 6.61 Å². The number of benzene rings is 1. The van der Waals surface area contributed by atoms with Crippen LogP contribution in [0.15, 0.2) is 30.3 Å². The van der Waals surface area contributed by atoms with Gasteiger partial charge in [0.15, 0.2) is 0 Å². The highest BCUT2D eigenvalue weighted by Gasteiger charge is 2.19. The maximum absolute atomic E-state index is 8.78. The lowest BCUT2D eigenvalue weighted by atomic mass is 9.90. The summed E-state index contributed by atoms with van der Waals surface area (Å²) in [7, 11) is 0. The molecule has 0 saturated heterocycles. The van der Waals surface area contributed by atoms with E-state index in [1.807, 2.05) is 37.3 Å². The molecule has 0 saturated carbocycles. The van der Waals surface area contributed by atoms with Crippen LogP contribution in [0.25, 0.3) is 0 Å². The van der Waals surface area contributed by atoms with Crippen LogP contribution in [0.4, 0.5) is 0 Å². The van der Waals surface area contributed by atoms with Crippen LogP contribution in [0.1, 0.15) is 18.9 Å². The van der Waals surface area contributed by atoms with Gasteiger partial charge in [0.2, 0.25) is 0 Å². The highest BCUT2D eigenvalue weighted by atomic mass is 16.3. The highest BCUT2D eigenvalue weighted by Crippen LogP contribution is 2.20. The lowest BCUT2D eigenvalue weighted by molar-refractivity contribution is 0.247. The molecule has 0 heterocycles. The SMILES string of the molecule is C[C@@](N)(CCO)c1ccccc1. The second kappa shape index (κ2) is 3.70. The molecule has 0 aliphatic heterocycles. The normalized spacial score (nSPS) is 15.6. The maximum Gasteiger partial charge on any atom is 0.0451 e. The zero-order valence-corrected chi connectivity index (χ0v) is 7.33. The lowest BCUT2D eigenvalue weighted by Crippen LogP contribution is -2.33. The summed E-state index contributed by atoms with van der Waals surface area (Å²) >= 11 is 0. The van der Waals surface area contributed by atoms with Crippen LogP contribution >= 0.6 is 0 Å². The minimum atomic E-state index is -0.407. The van der Waals surface area contributed by atoms with Crippen LogP contribution in [0.2, 0.25) is 0 Å². The van der Waals surface area contributed by atoms with Crippen LogP contribution in [0, 0.1) is 0 Å². The Morgan fingerprint density at radius 1 is 1.33 bits per heavy atom. The van der Waals surface area contributed by atoms with E-state index in [1.165, 1.54) is 0 Å². The largest absolute Gasteiger partial charge is 0.396 e. The molecule has 0 aromatic heterocycles. The summed E-state index contributed by atoms with van der Waals surface area (Å²) in [5.41, 5.74) is 6.65. The molecule has 0 bridgehead atoms. The molecule has 0 aliphatic carbocycles. The number of rotatable bonds is 3. The van der Waals surface area contributed by atoms with Gasteiger partial charge in [-0.15, -0.1) is 0 Å². The van der Waals surface area contributed by atoms with Crippen molar-refractivity contribution in [1.82, 2.24) is 0 Å². The van der Waals surface area contributed by atoms with Gasteiger partial charge in [0.25, 0.3) is 0 Å². The second-order valence-electron chi connectivity index (χ2n) is 3.26. The van der Waals surface area contributed by atoms with Gasteiger partial charge in [-0.05, 0) is 18.9 Å². The molecule has 0 fully saturated rings. The first-order valence-electron chi connectivity index (χ1n) is 4.12. The predicted molar refractivity (Wildman–Crippen MR) is 49.7 cm³/mol. The van der Waals surface area contributed by atoms with Crippen molar-refractivity contribution in [2.24, 2.45) is 5.73 Å². The van der Waals surface area contributed by atoms with Crippen molar-refractivity contribution in [2.75, 3.05) is 6.61 Å². The summed E-state index contributed by atoms with van der Waals surface area (Å²) in [6, 6.07) is 9.83. The van der Waals surface area contributed by atoms with Crippen LogP contribution in [0.3, 0.4) is 0 Å². The third-order valence-electron chi connectivity index (χ3n) is 2.06. The van der Waals surface area contributed by atoms with Crippen molar-refractivity contribution in [3.05, 3.63) is 35.9 Å². The zero-order valence-electron chi connectivity index (χ0n) is 7.33. The van der Waals surface area contributed by atoms with E-state index in [0.29, 0.717) is 6.42 Å². The topological polar surface area (TPSA) is 46.2 Å². The first-order valence-corrected chi connectivity index (χ1v) is 4.12. The molecule has 0 spiro atoms. The number of hydrogen-bond acceptors (Lipinski definition) is 2. The van der Waals surface area contributed by atoms with E-state index >= 15 is 0 Å². The summed E-state index contributed by atoms with van der Waals surface area (Å²) < 4.78 is 0. The summed E-state index contributed by atoms with van der Waals surface area (Å²) in [5, 5.41) is 8.78. The third-order valence-corrected chi connectivity index (χ3v) is 2.06. The van der Waals surface area contributed by atoms with Gasteiger partial charge in [0, 0.05) is 12.1 Å². The van der Waals surface area contributed by atoms with Gasteiger partial charge in [0.1, 0.15) is 0 Å². The summed E-state index contributed by atoms with van der Waals surface area (Å²) in [6.45, 7) is 2.06. The van der Waals surface area contributed by atoms with Gasteiger partial charge >= 0.3 is 0 Å². The number of hydrogen-bond donors (Lipinski definition) is 2. The molecule has 1 atom stereocenters. The Morgan fingerprint density at radius 3 is 2.42 bits per heavy atom. The summed E-state index contributed by atoms with van der Waals surface area (Å²) in [5.74, 6) is 0. The molecule has 1 aromatic rings. The fraction of sp³-hybridized carbons (Fsp3) is 0.400. The van der Waals surface area contributed by atoms with Crippen LogP contribution in [-0.4, -0.2) is 11.7 Å². The molecular formula is C10H15NO. The molecule has 2 heteroatoms. The van der Waals surface area contributed by atoms with E-state index in [9.17, 15) is 0 Å². The van der Waals surface area contributed by atoms with Gasteiger partial charge in [-0.2, -0.15) is 0 Å². The number of nitrogens with two attached hydrogens (primary N) is 1. The van der Waals surface area contributed by atoms with Gasteiger partial charge in [-0.3, -0.25) is 0 Å². The van der Waals surface area contributed by atoms with Crippen LogP contribution < -0.4 is 5.73 Å². The van der Waals surface area contributed by atoms with E-state index in [0.717, 1.165) is 5.56 Å². The molecule has 0 aliphatic rings. The molecule has 0 radical (unpaired) electrons. The standard InChI is InChI=1S/C10H15NO/c1-10(11,7-8-12)9-5-3-2-4-6-9/h2-6,12H,7-8,11H2,1H3/t10-/m1/s1. The quantitative estimate of drug-likeness (QED) is 0.708. The van der Waals surface area contributed by atoms with Crippen molar-refractivity contribution in [2.45, 2.75) is 18.9 Å². The van der Waals surface area contributed by atoms with Gasteiger partial charge in [-0.1, -0.05) is 30.3 Å². The van der Waals surface area contributed by atoms with Gasteiger partial charge in [0.05, 0.1) is 0 Å². The third kappa shape index (κ3) is 2.06. The maximum atomic E-state index is 8.78. The molecule has 0 amide bonds. The Hall–Kier alpha value is -0.860. The van der Waals surface area contributed by atoms with Crippen molar-refractivity contribution >= 4 is 0 Å². The van der Waals surface area contributed by atoms with E-state index in [2.05, 4.69) is 0 Å². The van der Waals surface area contributed by atoms with E-state index in [4.69, 9.17) is 10.8 Å². The van der Waals surface area contributed by atoms with E-state index < -0.39 is 5.54 Å². The minimum absolute atomic E-state index is 0.127. The van der Waals surface area contributed by atoms with Crippen molar-refractivity contribution < 1.29 is 5.11 Å². The second-order valence-corrected chi connectivity index (χ2v) is 3.26. The fourth-order valence-electron chi connectivity index (χ4n) is 1.20. The molecular weight excluding hydrogens is 150 g/mol. The van der Waals surface area contributed by atoms with Crippen molar-refractivity contribution in [3.8, 4) is 0 Å². The van der Waals surface area contributed by atoms with Crippen LogP contribution in [-0.2, 0) is 5.54 Å². The minimum Gasteiger partial charge on any atom is -0.396 e. The van der Waals surface area contributed by atoms with Gasteiger partial charge < -0.3 is 10.8 Å². The van der Waals surface area contributed by atoms with Crippen LogP contribution in [0.5, 0.6) is 0 Å². The molecule has 66 valence electrons. The molecule has 2 nitrogen and oxygen atoms in total. The monoisotopic (exact) mass is 165 g/mol. The van der Waals surface area contributed by atoms with Crippen molar-refractivity contribution in [1.29, 1.82) is 0 Å². The Bertz CT molecular complexity index is 231. The Morgan fingerprint density at radius 2 is 1.92 bits per heavy atom. The first-order chi connectivity index (χ1) is 5.67. The first kappa shape index (κ1) is 9.23. The summed E-state index contributed by atoms with van der Waals surface area (Å²) in [6.07, 6.45) is 0.594.